The molecule has 1 unspecified atom stereocenters. The summed E-state index contributed by atoms with van der Waals surface area (Å²) in [5, 5.41) is 10.5. The van der Waals surface area contributed by atoms with Crippen LogP contribution in [0.5, 0.6) is 0 Å². The molecular weight excluding hydrogens is 124 g/mol. The first kappa shape index (κ1) is 9.96. The summed E-state index contributed by atoms with van der Waals surface area (Å²) in [5.41, 5.74) is 0. The molecule has 0 spiro atoms. The highest BCUT2D eigenvalue weighted by atomic mass is 16.3. The van der Waals surface area contributed by atoms with Gasteiger partial charge in [-0.2, -0.15) is 0 Å². The van der Waals surface area contributed by atoms with E-state index in [1.54, 1.807) is 0 Å². The molecule has 0 fully saturated rings. The maximum atomic E-state index is 10.5. The molecule has 1 nitrogen and oxygen atoms in total. The molecule has 0 aromatic carbocycles. The van der Waals surface area contributed by atoms with Crippen molar-refractivity contribution in [3.63, 3.8) is 0 Å². The summed E-state index contributed by atoms with van der Waals surface area (Å²) in [7, 11) is 0. The molecule has 0 saturated carbocycles. The molecule has 10 heavy (non-hydrogen) atoms. The molecule has 1 heteroatoms. The van der Waals surface area contributed by atoms with Crippen LogP contribution >= 0.6 is 0 Å². The molecule has 0 heterocycles. The van der Waals surface area contributed by atoms with Crippen LogP contribution in [0, 0.1) is 5.92 Å². The minimum Gasteiger partial charge on any atom is -0.236 e. The van der Waals surface area contributed by atoms with Crippen LogP contribution in [0.3, 0.4) is 0 Å². The van der Waals surface area contributed by atoms with E-state index in [2.05, 4.69) is 13.8 Å². The first-order valence-corrected chi connectivity index (χ1v) is 4.43. The molecule has 0 rings (SSSR count). The second-order valence-electron chi connectivity index (χ2n) is 2.94. The molecule has 0 aliphatic carbocycles. The van der Waals surface area contributed by atoms with Crippen LogP contribution in [0.15, 0.2) is 0 Å². The van der Waals surface area contributed by atoms with E-state index >= 15 is 0 Å². The summed E-state index contributed by atoms with van der Waals surface area (Å²) < 4.78 is 0. The van der Waals surface area contributed by atoms with Crippen LogP contribution in [0.2, 0.25) is 0 Å². The average Bonchev–Trinajstić information content (AvgIpc) is 1.99. The van der Waals surface area contributed by atoms with Gasteiger partial charge in [-0.05, 0) is 12.3 Å². The maximum absolute atomic E-state index is 10.5. The van der Waals surface area contributed by atoms with E-state index in [4.69, 9.17) is 0 Å². The van der Waals surface area contributed by atoms with Gasteiger partial charge in [-0.15, -0.1) is 0 Å². The second-order valence-corrected chi connectivity index (χ2v) is 2.94. The first-order chi connectivity index (χ1) is 4.85. The van der Waals surface area contributed by atoms with Crippen molar-refractivity contribution in [2.75, 3.05) is 6.61 Å². The molecule has 0 aliphatic rings. The highest BCUT2D eigenvalue weighted by molar-refractivity contribution is 4.54. The summed E-state index contributed by atoms with van der Waals surface area (Å²) in [5.74, 6) is 0.451. The Bertz CT molecular complexity index is 57.7. The molecule has 1 atom stereocenters. The molecule has 0 amide bonds. The largest absolute Gasteiger partial charge is 0.236 e. The van der Waals surface area contributed by atoms with Crippen molar-refractivity contribution in [2.45, 2.75) is 46.0 Å². The summed E-state index contributed by atoms with van der Waals surface area (Å²) in [6.07, 6.45) is 6.00. The Morgan fingerprint density at radius 3 is 2.30 bits per heavy atom. The summed E-state index contributed by atoms with van der Waals surface area (Å²) in [6, 6.07) is 0. The Balaban J connectivity index is 3.09. The van der Waals surface area contributed by atoms with E-state index in [0.29, 0.717) is 5.92 Å². The Morgan fingerprint density at radius 2 is 1.90 bits per heavy atom. The Labute approximate surface area is 64.5 Å². The van der Waals surface area contributed by atoms with E-state index in [9.17, 15) is 5.11 Å². The normalized spacial score (nSPS) is 13.5. The number of hydrogen-bond donors (Lipinski definition) is 0. The van der Waals surface area contributed by atoms with Gasteiger partial charge in [-0.3, -0.25) is 0 Å². The van der Waals surface area contributed by atoms with Crippen LogP contribution in [0.4, 0.5) is 0 Å². The van der Waals surface area contributed by atoms with E-state index in [0.717, 1.165) is 12.8 Å². The van der Waals surface area contributed by atoms with Crippen molar-refractivity contribution in [2.24, 2.45) is 5.92 Å². The van der Waals surface area contributed by atoms with Crippen LogP contribution in [-0.4, -0.2) is 6.61 Å². The predicted octanol–water partition coefficient (Wildman–Crippen LogP) is 3.02. The molecule has 1 radical (unpaired) electrons. The molecule has 0 N–H and O–H groups in total. The monoisotopic (exact) mass is 143 g/mol. The molecule has 61 valence electrons. The molecule has 0 saturated heterocycles. The third kappa shape index (κ3) is 4.80. The predicted molar refractivity (Wildman–Crippen MR) is 43.5 cm³/mol. The smallest absolute Gasteiger partial charge is 0.0850 e. The van der Waals surface area contributed by atoms with Crippen LogP contribution in [0.25, 0.3) is 0 Å². The van der Waals surface area contributed by atoms with Gasteiger partial charge in [0, 0.05) is 0 Å². The van der Waals surface area contributed by atoms with Gasteiger partial charge in [0.25, 0.3) is 0 Å². The van der Waals surface area contributed by atoms with Gasteiger partial charge in [0.2, 0.25) is 0 Å². The van der Waals surface area contributed by atoms with E-state index in [-0.39, 0.29) is 6.61 Å². The highest BCUT2D eigenvalue weighted by Gasteiger charge is 2.03. The van der Waals surface area contributed by atoms with Crippen molar-refractivity contribution >= 4 is 0 Å². The standard InChI is InChI=1S/C9H19O/c1-3-5-6-7-9(4-2)8-10/h9H,3-8H2,1-2H3. The van der Waals surface area contributed by atoms with Gasteiger partial charge in [-0.25, -0.2) is 5.11 Å². The summed E-state index contributed by atoms with van der Waals surface area (Å²) >= 11 is 0. The zero-order chi connectivity index (χ0) is 7.82. The number of unbranched alkanes of at least 4 members (excludes halogenated alkanes) is 2. The van der Waals surface area contributed by atoms with Gasteiger partial charge in [0.1, 0.15) is 0 Å². The van der Waals surface area contributed by atoms with Gasteiger partial charge >= 0.3 is 0 Å². The lowest BCUT2D eigenvalue weighted by atomic mass is 10.00. The number of rotatable bonds is 6. The summed E-state index contributed by atoms with van der Waals surface area (Å²) in [4.78, 5) is 0. The van der Waals surface area contributed by atoms with Gasteiger partial charge < -0.3 is 0 Å². The first-order valence-electron chi connectivity index (χ1n) is 4.43. The SMILES string of the molecule is CCCCCC(CC)C[O]. The zero-order valence-corrected chi connectivity index (χ0v) is 7.23. The third-order valence-electron chi connectivity index (χ3n) is 2.03. The van der Waals surface area contributed by atoms with Crippen molar-refractivity contribution in [3.05, 3.63) is 0 Å². The number of hydrogen-bond acceptors (Lipinski definition) is 0. The highest BCUT2D eigenvalue weighted by Crippen LogP contribution is 2.12. The summed E-state index contributed by atoms with van der Waals surface area (Å²) in [6.45, 7) is 4.42. The lowest BCUT2D eigenvalue weighted by molar-refractivity contribution is 0.135. The maximum Gasteiger partial charge on any atom is 0.0850 e. The van der Waals surface area contributed by atoms with Crippen molar-refractivity contribution < 1.29 is 5.11 Å². The lowest BCUT2D eigenvalue weighted by Crippen LogP contribution is -2.02. The third-order valence-corrected chi connectivity index (χ3v) is 2.03. The van der Waals surface area contributed by atoms with Crippen molar-refractivity contribution in [1.82, 2.24) is 0 Å². The topological polar surface area (TPSA) is 19.9 Å². The van der Waals surface area contributed by atoms with Crippen molar-refractivity contribution in [1.29, 1.82) is 0 Å². The molecule has 0 aromatic heterocycles. The Hall–Kier alpha value is -0.0400. The minimum absolute atomic E-state index is 0.125. The molecule has 0 aromatic rings. The lowest BCUT2D eigenvalue weighted by Gasteiger charge is -2.08. The van der Waals surface area contributed by atoms with Crippen LogP contribution in [0.1, 0.15) is 46.0 Å². The Kier molecular flexibility index (Phi) is 7.04. The fourth-order valence-corrected chi connectivity index (χ4v) is 1.09. The minimum atomic E-state index is 0.125. The van der Waals surface area contributed by atoms with Gasteiger partial charge in [-0.1, -0.05) is 39.5 Å². The molecule has 0 aliphatic heterocycles. The van der Waals surface area contributed by atoms with E-state index < -0.39 is 0 Å². The van der Waals surface area contributed by atoms with Gasteiger partial charge in [0.15, 0.2) is 0 Å². The van der Waals surface area contributed by atoms with E-state index in [1.165, 1.54) is 19.3 Å². The van der Waals surface area contributed by atoms with Gasteiger partial charge in [0.05, 0.1) is 6.61 Å². The zero-order valence-electron chi connectivity index (χ0n) is 7.23. The van der Waals surface area contributed by atoms with E-state index in [1.807, 2.05) is 0 Å². The van der Waals surface area contributed by atoms with Crippen molar-refractivity contribution in [3.8, 4) is 0 Å². The fourth-order valence-electron chi connectivity index (χ4n) is 1.09. The molecule has 0 bridgehead atoms. The van der Waals surface area contributed by atoms with Crippen LogP contribution in [-0.2, 0) is 5.11 Å². The van der Waals surface area contributed by atoms with Crippen LogP contribution < -0.4 is 0 Å². The quantitative estimate of drug-likeness (QED) is 0.509. The molecular formula is C9H19O. The fraction of sp³-hybridized carbons (Fsp3) is 1.00. The second kappa shape index (κ2) is 7.07. The Morgan fingerprint density at radius 1 is 1.20 bits per heavy atom. The average molecular weight is 143 g/mol.